The molecular formula is C14H16N2O2S2. The van der Waals surface area contributed by atoms with Gasteiger partial charge in [0, 0.05) is 42.0 Å². The van der Waals surface area contributed by atoms with Crippen LogP contribution in [0.1, 0.15) is 36.8 Å². The van der Waals surface area contributed by atoms with Gasteiger partial charge in [-0.1, -0.05) is 0 Å². The Morgan fingerprint density at radius 3 is 2.70 bits per heavy atom. The number of hydrogen-bond acceptors (Lipinski definition) is 5. The number of likely N-dealkylation sites (N-methyl/N-ethyl adjacent to an activating group) is 1. The van der Waals surface area contributed by atoms with Crippen molar-refractivity contribution in [1.29, 1.82) is 0 Å². The Labute approximate surface area is 126 Å². The molecule has 2 aromatic rings. The Hall–Kier alpha value is -1.53. The quantitative estimate of drug-likeness (QED) is 0.798. The van der Waals surface area contributed by atoms with Gasteiger partial charge in [-0.2, -0.15) is 0 Å². The smallest absolute Gasteiger partial charge is 0.263 e. The van der Waals surface area contributed by atoms with E-state index in [0.29, 0.717) is 17.0 Å². The summed E-state index contributed by atoms with van der Waals surface area (Å²) in [6.07, 6.45) is 2.60. The van der Waals surface area contributed by atoms with Crippen LogP contribution < -0.4 is 0 Å². The average Bonchev–Trinajstić information content (AvgIpc) is 3.03. The van der Waals surface area contributed by atoms with Crippen LogP contribution in [0.25, 0.3) is 0 Å². The Balaban J connectivity index is 1.95. The van der Waals surface area contributed by atoms with Crippen LogP contribution in [0.2, 0.25) is 0 Å². The summed E-state index contributed by atoms with van der Waals surface area (Å²) in [5.41, 5.74) is 0.599. The average molecular weight is 308 g/mol. The number of Topliss-reactive ketones (excluding diaryl/α,β-unsaturated/α-hetero) is 1. The Kier molecular flexibility index (Phi) is 4.67. The van der Waals surface area contributed by atoms with Crippen molar-refractivity contribution in [1.82, 2.24) is 9.88 Å². The predicted octanol–water partition coefficient (Wildman–Crippen LogP) is 3.03. The lowest BCUT2D eigenvalue weighted by Crippen LogP contribution is -2.28. The van der Waals surface area contributed by atoms with Crippen molar-refractivity contribution in [3.8, 4) is 0 Å². The molecular weight excluding hydrogens is 292 g/mol. The van der Waals surface area contributed by atoms with E-state index in [1.807, 2.05) is 13.1 Å². The molecule has 0 spiro atoms. The first-order valence-corrected chi connectivity index (χ1v) is 7.93. The molecule has 2 rings (SSSR count). The SMILES string of the molecule is CC(=O)c1csc(C(=O)N(C)CCc2ncc(C)s2)c1. The number of carbonyl (C=O) groups is 2. The van der Waals surface area contributed by atoms with E-state index in [4.69, 9.17) is 0 Å². The Morgan fingerprint density at radius 1 is 1.40 bits per heavy atom. The topological polar surface area (TPSA) is 50.3 Å². The number of ketones is 1. The highest BCUT2D eigenvalue weighted by Gasteiger charge is 2.15. The first kappa shape index (κ1) is 14.9. The highest BCUT2D eigenvalue weighted by molar-refractivity contribution is 7.12. The Morgan fingerprint density at radius 2 is 2.15 bits per heavy atom. The lowest BCUT2D eigenvalue weighted by Gasteiger charge is -2.15. The van der Waals surface area contributed by atoms with Crippen LogP contribution in [-0.4, -0.2) is 35.2 Å². The predicted molar refractivity (Wildman–Crippen MR) is 81.8 cm³/mol. The molecule has 0 aliphatic rings. The van der Waals surface area contributed by atoms with Crippen molar-refractivity contribution < 1.29 is 9.59 Å². The Bertz CT molecular complexity index is 631. The lowest BCUT2D eigenvalue weighted by atomic mass is 10.2. The van der Waals surface area contributed by atoms with Crippen molar-refractivity contribution >= 4 is 34.4 Å². The molecule has 0 bridgehead atoms. The number of thiazole rings is 1. The summed E-state index contributed by atoms with van der Waals surface area (Å²) >= 11 is 2.97. The molecule has 2 heterocycles. The van der Waals surface area contributed by atoms with E-state index in [9.17, 15) is 9.59 Å². The maximum absolute atomic E-state index is 12.2. The highest BCUT2D eigenvalue weighted by atomic mass is 32.1. The minimum absolute atomic E-state index is 0.0128. The molecule has 0 aliphatic heterocycles. The zero-order valence-corrected chi connectivity index (χ0v) is 13.3. The van der Waals surface area contributed by atoms with E-state index in [-0.39, 0.29) is 11.7 Å². The van der Waals surface area contributed by atoms with E-state index in [1.54, 1.807) is 34.7 Å². The molecule has 0 aromatic carbocycles. The van der Waals surface area contributed by atoms with Crippen molar-refractivity contribution in [3.05, 3.63) is 38.0 Å². The summed E-state index contributed by atoms with van der Waals surface area (Å²) in [7, 11) is 1.77. The number of nitrogens with zero attached hydrogens (tertiary/aromatic N) is 2. The fourth-order valence-corrected chi connectivity index (χ4v) is 3.42. The number of rotatable bonds is 5. The first-order valence-electron chi connectivity index (χ1n) is 6.23. The lowest BCUT2D eigenvalue weighted by molar-refractivity contribution is 0.0801. The molecule has 2 aromatic heterocycles. The second kappa shape index (κ2) is 6.28. The zero-order chi connectivity index (χ0) is 14.7. The molecule has 0 saturated heterocycles. The standard InChI is InChI=1S/C14H16N2O2S2/c1-9-7-15-13(20-9)4-5-16(3)14(18)12-6-11(8-19-12)10(2)17/h6-8H,4-5H2,1-3H3. The number of carbonyl (C=O) groups excluding carboxylic acids is 2. The number of hydrogen-bond donors (Lipinski definition) is 0. The molecule has 0 radical (unpaired) electrons. The number of aromatic nitrogens is 1. The van der Waals surface area contributed by atoms with Gasteiger partial charge in [-0.25, -0.2) is 4.98 Å². The van der Waals surface area contributed by atoms with Crippen LogP contribution in [0.5, 0.6) is 0 Å². The van der Waals surface area contributed by atoms with E-state index in [1.165, 1.54) is 23.1 Å². The minimum atomic E-state index is -0.0456. The fraction of sp³-hybridized carbons (Fsp3) is 0.357. The van der Waals surface area contributed by atoms with Crippen LogP contribution >= 0.6 is 22.7 Å². The van der Waals surface area contributed by atoms with Gasteiger partial charge in [-0.3, -0.25) is 9.59 Å². The van der Waals surface area contributed by atoms with Gasteiger partial charge >= 0.3 is 0 Å². The fourth-order valence-electron chi connectivity index (χ4n) is 1.70. The van der Waals surface area contributed by atoms with Crippen molar-refractivity contribution in [2.24, 2.45) is 0 Å². The van der Waals surface area contributed by atoms with Gasteiger partial charge in [-0.15, -0.1) is 22.7 Å². The van der Waals surface area contributed by atoms with Gasteiger partial charge in [-0.05, 0) is 19.9 Å². The summed E-state index contributed by atoms with van der Waals surface area (Å²) in [5, 5.41) is 2.77. The molecule has 0 fully saturated rings. The van der Waals surface area contributed by atoms with Crippen LogP contribution in [0, 0.1) is 6.92 Å². The molecule has 20 heavy (non-hydrogen) atoms. The summed E-state index contributed by atoms with van der Waals surface area (Å²) in [4.78, 5) is 31.2. The summed E-state index contributed by atoms with van der Waals surface area (Å²) in [5.74, 6) is -0.0583. The van der Waals surface area contributed by atoms with E-state index >= 15 is 0 Å². The van der Waals surface area contributed by atoms with Crippen LogP contribution in [0.3, 0.4) is 0 Å². The molecule has 106 valence electrons. The molecule has 0 unspecified atom stereocenters. The summed E-state index contributed by atoms with van der Waals surface area (Å²) in [6.45, 7) is 4.15. The molecule has 0 aliphatic carbocycles. The van der Waals surface area contributed by atoms with Gasteiger partial charge in [0.15, 0.2) is 5.78 Å². The van der Waals surface area contributed by atoms with E-state index in [2.05, 4.69) is 4.98 Å². The van der Waals surface area contributed by atoms with Crippen LogP contribution in [0.4, 0.5) is 0 Å². The molecule has 0 atom stereocenters. The third-order valence-corrected chi connectivity index (χ3v) is 4.78. The van der Waals surface area contributed by atoms with E-state index in [0.717, 1.165) is 11.4 Å². The van der Waals surface area contributed by atoms with E-state index < -0.39 is 0 Å². The van der Waals surface area contributed by atoms with Gasteiger partial charge in [0.05, 0.1) is 9.88 Å². The van der Waals surface area contributed by atoms with Crippen LogP contribution in [0.15, 0.2) is 17.6 Å². The minimum Gasteiger partial charge on any atom is -0.341 e. The van der Waals surface area contributed by atoms with Gasteiger partial charge < -0.3 is 4.90 Å². The summed E-state index contributed by atoms with van der Waals surface area (Å²) in [6, 6.07) is 1.67. The third-order valence-electron chi connectivity index (χ3n) is 2.89. The van der Waals surface area contributed by atoms with Crippen LogP contribution in [-0.2, 0) is 6.42 Å². The van der Waals surface area contributed by atoms with Crippen molar-refractivity contribution in [2.45, 2.75) is 20.3 Å². The summed E-state index contributed by atoms with van der Waals surface area (Å²) < 4.78 is 0. The van der Waals surface area contributed by atoms with Crippen molar-refractivity contribution in [2.75, 3.05) is 13.6 Å². The number of aryl methyl sites for hydroxylation is 1. The second-order valence-electron chi connectivity index (χ2n) is 4.60. The monoisotopic (exact) mass is 308 g/mol. The molecule has 1 amide bonds. The third kappa shape index (κ3) is 3.52. The number of thiophene rings is 1. The maximum atomic E-state index is 12.2. The molecule has 4 nitrogen and oxygen atoms in total. The van der Waals surface area contributed by atoms with Crippen molar-refractivity contribution in [3.63, 3.8) is 0 Å². The largest absolute Gasteiger partial charge is 0.341 e. The molecule has 0 saturated carbocycles. The second-order valence-corrected chi connectivity index (χ2v) is 6.83. The highest BCUT2D eigenvalue weighted by Crippen LogP contribution is 2.18. The normalized spacial score (nSPS) is 10.6. The van der Waals surface area contributed by atoms with Gasteiger partial charge in [0.25, 0.3) is 5.91 Å². The zero-order valence-electron chi connectivity index (χ0n) is 11.7. The number of amides is 1. The van der Waals surface area contributed by atoms with Gasteiger partial charge in [0.2, 0.25) is 0 Å². The molecule has 0 N–H and O–H groups in total. The first-order chi connectivity index (χ1) is 9.47. The molecule has 6 heteroatoms. The maximum Gasteiger partial charge on any atom is 0.263 e. The van der Waals surface area contributed by atoms with Gasteiger partial charge in [0.1, 0.15) is 0 Å².